The summed E-state index contributed by atoms with van der Waals surface area (Å²) < 4.78 is 26.2. The number of benzene rings is 2. The molecule has 7 rings (SSSR count). The molecule has 0 saturated heterocycles. The largest absolute Gasteiger partial charge is 0.493 e. The summed E-state index contributed by atoms with van der Waals surface area (Å²) in [7, 11) is -3.73. The zero-order valence-corrected chi connectivity index (χ0v) is 21.0. The van der Waals surface area contributed by atoms with E-state index in [4.69, 9.17) is 0 Å². The maximum absolute atomic E-state index is 12.7. The van der Waals surface area contributed by atoms with E-state index >= 15 is 0 Å². The lowest BCUT2D eigenvalue weighted by Crippen LogP contribution is -2.48. The average Bonchev–Trinajstić information content (AvgIpc) is 3.14. The lowest BCUT2D eigenvalue weighted by Gasteiger charge is -2.57. The fraction of sp³-hybridized carbons (Fsp3) is 0.444. The zero-order valence-electron chi connectivity index (χ0n) is 20.2. The van der Waals surface area contributed by atoms with Crippen molar-refractivity contribution in [2.75, 3.05) is 17.1 Å². The van der Waals surface area contributed by atoms with Gasteiger partial charge in [0.25, 0.3) is 5.91 Å². The number of aromatic amines is 1. The maximum Gasteiger partial charge on any atom is 0.285 e. The van der Waals surface area contributed by atoms with Gasteiger partial charge in [-0.25, -0.2) is 8.42 Å². The first-order chi connectivity index (χ1) is 17.2. The van der Waals surface area contributed by atoms with Crippen molar-refractivity contribution < 1.29 is 18.3 Å². The summed E-state index contributed by atoms with van der Waals surface area (Å²) in [5.74, 6) is 1.54. The van der Waals surface area contributed by atoms with Crippen molar-refractivity contribution in [3.63, 3.8) is 0 Å². The van der Waals surface area contributed by atoms with Crippen LogP contribution in [0.1, 0.15) is 44.1 Å². The predicted octanol–water partition coefficient (Wildman–Crippen LogP) is 5.42. The quantitative estimate of drug-likeness (QED) is 0.435. The van der Waals surface area contributed by atoms with E-state index in [1.807, 2.05) is 18.2 Å². The van der Waals surface area contributed by atoms with Crippen LogP contribution in [-0.4, -0.2) is 37.2 Å². The molecule has 0 spiro atoms. The van der Waals surface area contributed by atoms with Gasteiger partial charge in [-0.3, -0.25) is 9.10 Å². The van der Waals surface area contributed by atoms with Crippen LogP contribution in [0.15, 0.2) is 58.8 Å². The second-order valence-corrected chi connectivity index (χ2v) is 12.9. The molecule has 4 fully saturated rings. The van der Waals surface area contributed by atoms with Crippen molar-refractivity contribution in [2.24, 2.45) is 28.0 Å². The van der Waals surface area contributed by atoms with Gasteiger partial charge in [0, 0.05) is 5.39 Å². The van der Waals surface area contributed by atoms with Crippen molar-refractivity contribution in [1.82, 2.24) is 4.98 Å². The highest BCUT2D eigenvalue weighted by molar-refractivity contribution is 7.92. The molecule has 188 valence electrons. The number of para-hydroxylation sites is 1. The highest BCUT2D eigenvalue weighted by Crippen LogP contribution is 2.60. The first-order valence-corrected chi connectivity index (χ1v) is 14.4. The van der Waals surface area contributed by atoms with Gasteiger partial charge < -0.3 is 10.1 Å². The molecule has 4 saturated carbocycles. The van der Waals surface area contributed by atoms with Crippen LogP contribution in [0.3, 0.4) is 0 Å². The van der Waals surface area contributed by atoms with E-state index in [9.17, 15) is 18.3 Å². The Morgan fingerprint density at radius 2 is 1.64 bits per heavy atom. The van der Waals surface area contributed by atoms with Crippen LogP contribution in [0.25, 0.3) is 10.9 Å². The van der Waals surface area contributed by atoms with Crippen molar-refractivity contribution in [3.05, 3.63) is 54.1 Å². The summed E-state index contributed by atoms with van der Waals surface area (Å²) in [5, 5.41) is 18.4. The number of carbonyl (C=O) groups excluding carboxylic acids is 1. The topological polar surface area (TPSA) is 115 Å². The highest BCUT2D eigenvalue weighted by atomic mass is 32.2. The second-order valence-electron chi connectivity index (χ2n) is 11.0. The molecule has 36 heavy (non-hydrogen) atoms. The van der Waals surface area contributed by atoms with E-state index in [-0.39, 0.29) is 17.0 Å². The zero-order chi connectivity index (χ0) is 25.1. The molecule has 0 atom stereocenters. The Hall–Kier alpha value is -3.20. The lowest BCUT2D eigenvalue weighted by molar-refractivity contribution is -0.116. The summed E-state index contributed by atoms with van der Waals surface area (Å²) in [6, 6.07) is 14.8. The van der Waals surface area contributed by atoms with Crippen LogP contribution in [-0.2, 0) is 20.2 Å². The number of azo groups is 1. The molecule has 1 amide bonds. The van der Waals surface area contributed by atoms with Gasteiger partial charge in [0.05, 0.1) is 17.5 Å². The molecule has 4 aliphatic rings. The van der Waals surface area contributed by atoms with E-state index in [2.05, 4.69) is 27.3 Å². The molecule has 2 N–H and O–H groups in total. The number of amides is 1. The number of nitrogens with zero attached hydrogens (tertiary/aromatic N) is 3. The third kappa shape index (κ3) is 4.09. The number of aromatic nitrogens is 1. The predicted molar refractivity (Wildman–Crippen MR) is 138 cm³/mol. The normalized spacial score (nSPS) is 27.2. The molecule has 0 radical (unpaired) electrons. The van der Waals surface area contributed by atoms with Gasteiger partial charge in [-0.2, -0.15) is 0 Å². The van der Waals surface area contributed by atoms with Gasteiger partial charge in [-0.1, -0.05) is 30.3 Å². The Kier molecular flexibility index (Phi) is 5.44. The molecule has 0 aliphatic heterocycles. The minimum Gasteiger partial charge on any atom is -0.493 e. The van der Waals surface area contributed by atoms with Crippen LogP contribution < -0.4 is 4.31 Å². The molecular formula is C27H30N4O4S. The van der Waals surface area contributed by atoms with Gasteiger partial charge >= 0.3 is 0 Å². The van der Waals surface area contributed by atoms with Gasteiger partial charge in [0.2, 0.25) is 15.9 Å². The third-order valence-electron chi connectivity index (χ3n) is 8.41. The Balaban J connectivity index is 1.22. The number of H-pyrrole nitrogens is 1. The summed E-state index contributed by atoms with van der Waals surface area (Å²) in [6.45, 7) is -0.470. The van der Waals surface area contributed by atoms with E-state index in [0.29, 0.717) is 16.6 Å². The average molecular weight is 507 g/mol. The first-order valence-electron chi connectivity index (χ1n) is 12.5. The van der Waals surface area contributed by atoms with E-state index in [1.54, 1.807) is 18.2 Å². The monoisotopic (exact) mass is 506 g/mol. The molecule has 0 unspecified atom stereocenters. The molecule has 2 aromatic carbocycles. The van der Waals surface area contributed by atoms with E-state index in [1.165, 1.54) is 44.1 Å². The van der Waals surface area contributed by atoms with Crippen LogP contribution >= 0.6 is 0 Å². The van der Waals surface area contributed by atoms with Crippen LogP contribution in [0, 0.1) is 17.8 Å². The van der Waals surface area contributed by atoms with Crippen molar-refractivity contribution >= 4 is 38.2 Å². The number of sulfonamides is 1. The fourth-order valence-corrected chi connectivity index (χ4v) is 8.17. The minimum atomic E-state index is -3.73. The highest BCUT2D eigenvalue weighted by Gasteiger charge is 2.51. The summed E-state index contributed by atoms with van der Waals surface area (Å²) >= 11 is 0. The molecule has 8 nitrogen and oxygen atoms in total. The molecule has 4 bridgehead atoms. The van der Waals surface area contributed by atoms with Gasteiger partial charge in [0.1, 0.15) is 6.54 Å². The molecular weight excluding hydrogens is 476 g/mol. The third-order valence-corrected chi connectivity index (χ3v) is 9.55. The number of hydrogen-bond acceptors (Lipinski definition) is 5. The van der Waals surface area contributed by atoms with Crippen molar-refractivity contribution in [3.8, 4) is 5.88 Å². The molecule has 1 heterocycles. The SMILES string of the molecule is CS(=O)(=O)N(CC(=O)N=Nc1c(O)[nH]c2ccccc12)c1ccc(C23CC4CC(CC(C4)C2)C3)cc1. The number of aromatic hydroxyl groups is 1. The number of hydrogen-bond donors (Lipinski definition) is 2. The van der Waals surface area contributed by atoms with Gasteiger partial charge in [-0.05, 0) is 85.5 Å². The van der Waals surface area contributed by atoms with Crippen LogP contribution in [0.4, 0.5) is 11.4 Å². The van der Waals surface area contributed by atoms with Crippen LogP contribution in [0.5, 0.6) is 5.88 Å². The summed E-state index contributed by atoms with van der Waals surface area (Å²) in [6.07, 6.45) is 8.87. The smallest absolute Gasteiger partial charge is 0.285 e. The summed E-state index contributed by atoms with van der Waals surface area (Å²) in [4.78, 5) is 15.4. The lowest BCUT2D eigenvalue weighted by atomic mass is 9.48. The standard InChI is InChI=1S/C27H30N4O4S/c1-36(34,35)31(16-24(32)29-30-25-22-4-2-3-5-23(22)28-26(25)33)21-8-6-20(7-9-21)27-13-17-10-18(14-27)12-19(11-17)15-27/h2-9,17-19,28,33H,10-16H2,1H3. The minimum absolute atomic E-state index is 0.143. The van der Waals surface area contributed by atoms with Crippen molar-refractivity contribution in [2.45, 2.75) is 43.9 Å². The second kappa shape index (κ2) is 8.44. The first kappa shape index (κ1) is 23.2. The maximum atomic E-state index is 12.7. The molecule has 3 aromatic rings. The number of rotatable bonds is 6. The van der Waals surface area contributed by atoms with E-state index in [0.717, 1.165) is 28.3 Å². The Labute approximate surface area is 210 Å². The Morgan fingerprint density at radius 1 is 1.03 bits per heavy atom. The number of nitrogens with one attached hydrogen (secondary N) is 1. The summed E-state index contributed by atoms with van der Waals surface area (Å²) in [5.41, 5.74) is 2.75. The number of anilines is 1. The van der Waals surface area contributed by atoms with Gasteiger partial charge in [-0.15, -0.1) is 10.2 Å². The van der Waals surface area contributed by atoms with Gasteiger partial charge in [0.15, 0.2) is 5.69 Å². The molecule has 9 heteroatoms. The molecule has 4 aliphatic carbocycles. The Morgan fingerprint density at radius 3 is 2.25 bits per heavy atom. The van der Waals surface area contributed by atoms with Crippen LogP contribution in [0.2, 0.25) is 0 Å². The number of fused-ring (bicyclic) bond motifs is 1. The fourth-order valence-electron chi connectivity index (χ4n) is 7.32. The Bertz CT molecular complexity index is 1420. The van der Waals surface area contributed by atoms with Crippen molar-refractivity contribution in [1.29, 1.82) is 0 Å². The van der Waals surface area contributed by atoms with E-state index < -0.39 is 22.5 Å². The molecule has 1 aromatic heterocycles. The number of carbonyl (C=O) groups is 1.